The van der Waals surface area contributed by atoms with Crippen molar-refractivity contribution in [3.63, 3.8) is 0 Å². The molecule has 2 heteroatoms. The van der Waals surface area contributed by atoms with E-state index in [0.717, 1.165) is 21.5 Å². The molecule has 0 fully saturated rings. The monoisotopic (exact) mass is 565 g/mol. The smallest absolute Gasteiger partial charge is 0.0474 e. The van der Waals surface area contributed by atoms with Crippen LogP contribution in [0.2, 0.25) is 0 Å². The number of hydrogen-bond acceptors (Lipinski definition) is 1. The zero-order valence-electron chi connectivity index (χ0n) is 22.0. The van der Waals surface area contributed by atoms with Crippen molar-refractivity contribution < 1.29 is 0 Å². The molecule has 188 valence electrons. The first-order chi connectivity index (χ1) is 19.0. The normalized spacial score (nSPS) is 13.2. The van der Waals surface area contributed by atoms with Crippen molar-refractivity contribution in [1.82, 2.24) is 0 Å². The molecule has 0 amide bonds. The predicted octanol–water partition coefficient (Wildman–Crippen LogP) is 11.0. The van der Waals surface area contributed by atoms with E-state index in [2.05, 4.69) is 168 Å². The van der Waals surface area contributed by atoms with Gasteiger partial charge < -0.3 is 4.90 Å². The van der Waals surface area contributed by atoms with Crippen LogP contribution in [0.1, 0.15) is 25.0 Å². The summed E-state index contributed by atoms with van der Waals surface area (Å²) < 4.78 is 1.09. The summed E-state index contributed by atoms with van der Waals surface area (Å²) in [5.74, 6) is 0. The molecular weight excluding hydrogens is 538 g/mol. The SMILES string of the molecule is CC1(C)c2ccccc2-c2cc(N(c3ccccc3)c3cc(-c4ccccc4Br)c4ccccc4c3)ccc21. The van der Waals surface area contributed by atoms with Gasteiger partial charge in [0.15, 0.2) is 0 Å². The number of nitrogens with zero attached hydrogens (tertiary/aromatic N) is 1. The molecule has 0 atom stereocenters. The molecule has 1 aliphatic rings. The lowest BCUT2D eigenvalue weighted by molar-refractivity contribution is 0.660. The summed E-state index contributed by atoms with van der Waals surface area (Å²) >= 11 is 3.82. The predicted molar refractivity (Wildman–Crippen MR) is 169 cm³/mol. The number of halogens is 1. The second-order valence-electron chi connectivity index (χ2n) is 10.8. The van der Waals surface area contributed by atoms with E-state index in [-0.39, 0.29) is 5.41 Å². The standard InChI is InChI=1S/C37H28BrN/c1-37(2)34-18-10-8-16-30(34)33-23-27(20-21-35(33)37)39(26-13-4-3-5-14-26)28-22-25-12-6-7-15-29(25)32(24-28)31-17-9-11-19-36(31)38/h3-24H,1-2H3. The van der Waals surface area contributed by atoms with Crippen LogP contribution >= 0.6 is 15.9 Å². The van der Waals surface area contributed by atoms with Gasteiger partial charge >= 0.3 is 0 Å². The van der Waals surface area contributed by atoms with Crippen molar-refractivity contribution >= 4 is 43.8 Å². The van der Waals surface area contributed by atoms with Crippen molar-refractivity contribution in [2.75, 3.05) is 4.90 Å². The lowest BCUT2D eigenvalue weighted by Gasteiger charge is -2.28. The number of fused-ring (bicyclic) bond motifs is 4. The third kappa shape index (κ3) is 3.90. The van der Waals surface area contributed by atoms with E-state index in [9.17, 15) is 0 Å². The first-order valence-corrected chi connectivity index (χ1v) is 14.2. The van der Waals surface area contributed by atoms with Crippen molar-refractivity contribution in [3.05, 3.63) is 149 Å². The Kier molecular flexibility index (Phi) is 5.68. The molecular formula is C37H28BrN. The van der Waals surface area contributed by atoms with Gasteiger partial charge in [0.05, 0.1) is 0 Å². The molecule has 0 heterocycles. The van der Waals surface area contributed by atoms with Gasteiger partial charge in [-0.2, -0.15) is 0 Å². The van der Waals surface area contributed by atoms with Crippen molar-refractivity contribution in [1.29, 1.82) is 0 Å². The molecule has 0 saturated heterocycles. The number of hydrogen-bond donors (Lipinski definition) is 0. The summed E-state index contributed by atoms with van der Waals surface area (Å²) in [5.41, 5.74) is 11.2. The van der Waals surface area contributed by atoms with Crippen molar-refractivity contribution in [3.8, 4) is 22.3 Å². The first-order valence-electron chi connectivity index (χ1n) is 13.4. The lowest BCUT2D eigenvalue weighted by atomic mass is 9.82. The van der Waals surface area contributed by atoms with Gasteiger partial charge in [0.25, 0.3) is 0 Å². The lowest BCUT2D eigenvalue weighted by Crippen LogP contribution is -2.15. The summed E-state index contributed by atoms with van der Waals surface area (Å²) in [6.45, 7) is 4.67. The van der Waals surface area contributed by atoms with E-state index in [1.54, 1.807) is 0 Å². The van der Waals surface area contributed by atoms with Gasteiger partial charge in [0.2, 0.25) is 0 Å². The molecule has 0 saturated carbocycles. The molecule has 0 unspecified atom stereocenters. The van der Waals surface area contributed by atoms with Gasteiger partial charge in [-0.1, -0.05) is 121 Å². The second-order valence-corrected chi connectivity index (χ2v) is 11.6. The number of benzene rings is 6. The quantitative estimate of drug-likeness (QED) is 0.205. The minimum atomic E-state index is -0.0161. The van der Waals surface area contributed by atoms with Gasteiger partial charge in [-0.15, -0.1) is 0 Å². The number of rotatable bonds is 4. The first kappa shape index (κ1) is 23.9. The zero-order chi connectivity index (χ0) is 26.6. The van der Waals surface area contributed by atoms with Crippen LogP contribution in [-0.2, 0) is 5.41 Å². The maximum absolute atomic E-state index is 3.82. The van der Waals surface area contributed by atoms with Crippen LogP contribution in [-0.4, -0.2) is 0 Å². The van der Waals surface area contributed by atoms with Gasteiger partial charge in [-0.05, 0) is 86.6 Å². The highest BCUT2D eigenvalue weighted by molar-refractivity contribution is 9.10. The Morgan fingerprint density at radius 2 is 1.13 bits per heavy atom. The summed E-state index contributed by atoms with van der Waals surface area (Å²) in [5, 5.41) is 2.46. The van der Waals surface area contributed by atoms with Crippen LogP contribution in [0.4, 0.5) is 17.1 Å². The van der Waals surface area contributed by atoms with Gasteiger partial charge in [0.1, 0.15) is 0 Å². The average molecular weight is 567 g/mol. The third-order valence-electron chi connectivity index (χ3n) is 8.11. The Bertz CT molecular complexity index is 1850. The van der Waals surface area contributed by atoms with E-state index in [0.29, 0.717) is 0 Å². The van der Waals surface area contributed by atoms with Crippen molar-refractivity contribution in [2.24, 2.45) is 0 Å². The van der Waals surface area contributed by atoms with E-state index in [1.165, 1.54) is 44.2 Å². The maximum atomic E-state index is 3.82. The second kappa shape index (κ2) is 9.25. The van der Waals surface area contributed by atoms with Crippen LogP contribution in [0, 0.1) is 0 Å². The van der Waals surface area contributed by atoms with Crippen LogP contribution in [0.25, 0.3) is 33.0 Å². The molecule has 0 aliphatic heterocycles. The van der Waals surface area contributed by atoms with Gasteiger partial charge in [-0.25, -0.2) is 0 Å². The topological polar surface area (TPSA) is 3.24 Å². The Hall–Kier alpha value is -4.14. The fraction of sp³-hybridized carbons (Fsp3) is 0.0811. The fourth-order valence-electron chi connectivity index (χ4n) is 6.20. The Balaban J connectivity index is 1.49. The molecule has 1 aliphatic carbocycles. The summed E-state index contributed by atoms with van der Waals surface area (Å²) in [6.07, 6.45) is 0. The number of anilines is 3. The van der Waals surface area contributed by atoms with E-state index < -0.39 is 0 Å². The van der Waals surface area contributed by atoms with Crippen LogP contribution in [0.3, 0.4) is 0 Å². The highest BCUT2D eigenvalue weighted by Gasteiger charge is 2.35. The largest absolute Gasteiger partial charge is 0.310 e. The Morgan fingerprint density at radius 3 is 1.95 bits per heavy atom. The Labute approximate surface area is 238 Å². The van der Waals surface area contributed by atoms with Crippen molar-refractivity contribution in [2.45, 2.75) is 19.3 Å². The zero-order valence-corrected chi connectivity index (χ0v) is 23.6. The summed E-state index contributed by atoms with van der Waals surface area (Å²) in [7, 11) is 0. The summed E-state index contributed by atoms with van der Waals surface area (Å²) in [6, 6.07) is 48.3. The maximum Gasteiger partial charge on any atom is 0.0474 e. The van der Waals surface area contributed by atoms with E-state index >= 15 is 0 Å². The minimum absolute atomic E-state index is 0.0161. The van der Waals surface area contributed by atoms with Gasteiger partial charge in [0, 0.05) is 26.9 Å². The van der Waals surface area contributed by atoms with E-state index in [4.69, 9.17) is 0 Å². The number of para-hydroxylation sites is 1. The molecule has 0 spiro atoms. The molecule has 39 heavy (non-hydrogen) atoms. The highest BCUT2D eigenvalue weighted by atomic mass is 79.9. The molecule has 1 nitrogen and oxygen atoms in total. The molecule has 0 N–H and O–H groups in total. The third-order valence-corrected chi connectivity index (χ3v) is 8.80. The average Bonchev–Trinajstić information content (AvgIpc) is 3.20. The van der Waals surface area contributed by atoms with Crippen LogP contribution < -0.4 is 4.90 Å². The molecule has 6 aromatic rings. The van der Waals surface area contributed by atoms with Crippen LogP contribution in [0.5, 0.6) is 0 Å². The van der Waals surface area contributed by atoms with Crippen LogP contribution in [0.15, 0.2) is 138 Å². The molecule has 0 bridgehead atoms. The molecule has 7 rings (SSSR count). The van der Waals surface area contributed by atoms with E-state index in [1.807, 2.05) is 0 Å². The van der Waals surface area contributed by atoms with Gasteiger partial charge in [-0.3, -0.25) is 0 Å². The Morgan fingerprint density at radius 1 is 0.487 bits per heavy atom. The highest BCUT2D eigenvalue weighted by Crippen LogP contribution is 2.51. The molecule has 0 aromatic heterocycles. The summed E-state index contributed by atoms with van der Waals surface area (Å²) in [4.78, 5) is 2.39. The molecule has 0 radical (unpaired) electrons. The minimum Gasteiger partial charge on any atom is -0.310 e. The fourth-order valence-corrected chi connectivity index (χ4v) is 6.70. The molecule has 6 aromatic carbocycles.